The number of hydrogen-bond acceptors (Lipinski definition) is 3. The van der Waals surface area contributed by atoms with Crippen LogP contribution in [0.5, 0.6) is 0 Å². The largest absolute Gasteiger partial charge is 0.337 e. The lowest BCUT2D eigenvalue weighted by Gasteiger charge is -2.10. The molecule has 7 heteroatoms. The number of amides is 3. The standard InChI is InChI=1S/C18H18N4O2S/c1-13-7-9-14(10-8-13)11-12-16(23)20-18(25)22-21-17(24)19-15-5-3-2-4-6-15/h2-12H,1H3,(H2,19,21,24)(H2,20,22,23,25)/b12-11+. The van der Waals surface area contributed by atoms with Gasteiger partial charge in [0.25, 0.3) is 0 Å². The van der Waals surface area contributed by atoms with E-state index in [0.29, 0.717) is 5.69 Å². The Morgan fingerprint density at radius 1 is 0.960 bits per heavy atom. The highest BCUT2D eigenvalue weighted by Gasteiger charge is 2.03. The van der Waals surface area contributed by atoms with Crippen LogP contribution in [0.3, 0.4) is 0 Å². The number of urea groups is 1. The molecule has 0 aliphatic carbocycles. The number of hydrazine groups is 1. The Kier molecular flexibility index (Phi) is 6.67. The molecule has 4 N–H and O–H groups in total. The molecule has 3 amide bonds. The van der Waals surface area contributed by atoms with Crippen LogP contribution >= 0.6 is 12.2 Å². The number of carbonyl (C=O) groups is 2. The van der Waals surface area contributed by atoms with Gasteiger partial charge in [-0.15, -0.1) is 0 Å². The molecule has 0 unspecified atom stereocenters. The Balaban J connectivity index is 1.73. The second kappa shape index (κ2) is 9.19. The Morgan fingerprint density at radius 3 is 2.32 bits per heavy atom. The molecule has 0 fully saturated rings. The third-order valence-electron chi connectivity index (χ3n) is 3.06. The summed E-state index contributed by atoms with van der Waals surface area (Å²) in [5, 5.41) is 5.02. The summed E-state index contributed by atoms with van der Waals surface area (Å²) in [5.41, 5.74) is 7.46. The number of aryl methyl sites for hydroxylation is 1. The minimum atomic E-state index is -0.502. The van der Waals surface area contributed by atoms with Crippen molar-refractivity contribution < 1.29 is 9.59 Å². The van der Waals surface area contributed by atoms with Crippen molar-refractivity contribution in [2.24, 2.45) is 0 Å². The fraction of sp³-hybridized carbons (Fsp3) is 0.0556. The summed E-state index contributed by atoms with van der Waals surface area (Å²) in [4.78, 5) is 23.4. The van der Waals surface area contributed by atoms with Gasteiger partial charge < -0.3 is 5.32 Å². The average molecular weight is 354 g/mol. The molecule has 0 saturated heterocycles. The third kappa shape index (κ3) is 6.84. The molecule has 0 bridgehead atoms. The Bertz CT molecular complexity index is 773. The highest BCUT2D eigenvalue weighted by molar-refractivity contribution is 7.80. The predicted molar refractivity (Wildman–Crippen MR) is 103 cm³/mol. The number of hydrogen-bond donors (Lipinski definition) is 4. The first-order valence-electron chi connectivity index (χ1n) is 7.51. The first kappa shape index (κ1) is 18.2. The number of rotatable bonds is 3. The molecule has 128 valence electrons. The highest BCUT2D eigenvalue weighted by atomic mass is 32.1. The molecule has 0 aliphatic heterocycles. The summed E-state index contributed by atoms with van der Waals surface area (Å²) in [5.74, 6) is -0.400. The zero-order chi connectivity index (χ0) is 18.1. The monoisotopic (exact) mass is 354 g/mol. The van der Waals surface area contributed by atoms with Crippen LogP contribution in [0, 0.1) is 6.92 Å². The summed E-state index contributed by atoms with van der Waals surface area (Å²) in [6, 6.07) is 16.2. The molecule has 6 nitrogen and oxygen atoms in total. The topological polar surface area (TPSA) is 82.3 Å². The highest BCUT2D eigenvalue weighted by Crippen LogP contribution is 2.05. The smallest absolute Gasteiger partial charge is 0.307 e. The molecular weight excluding hydrogens is 336 g/mol. The van der Waals surface area contributed by atoms with Gasteiger partial charge in [-0.25, -0.2) is 10.2 Å². The maximum absolute atomic E-state index is 11.8. The number of nitrogens with one attached hydrogen (secondary N) is 4. The van der Waals surface area contributed by atoms with Crippen molar-refractivity contribution in [1.29, 1.82) is 0 Å². The van der Waals surface area contributed by atoms with Gasteiger partial charge in [-0.2, -0.15) is 0 Å². The van der Waals surface area contributed by atoms with Gasteiger partial charge in [0.15, 0.2) is 5.11 Å². The summed E-state index contributed by atoms with van der Waals surface area (Å²) in [7, 11) is 0. The molecule has 25 heavy (non-hydrogen) atoms. The van der Waals surface area contributed by atoms with E-state index in [1.165, 1.54) is 6.08 Å². The Hall–Kier alpha value is -3.19. The van der Waals surface area contributed by atoms with Crippen molar-refractivity contribution in [1.82, 2.24) is 16.2 Å². The second-order valence-corrected chi connectivity index (χ2v) is 5.54. The molecule has 0 saturated carbocycles. The van der Waals surface area contributed by atoms with Gasteiger partial charge in [0.2, 0.25) is 5.91 Å². The molecule has 0 spiro atoms. The molecule has 2 aromatic rings. The van der Waals surface area contributed by atoms with Gasteiger partial charge in [0.1, 0.15) is 0 Å². The van der Waals surface area contributed by atoms with E-state index in [1.807, 2.05) is 37.3 Å². The Morgan fingerprint density at radius 2 is 1.64 bits per heavy atom. The van der Waals surface area contributed by atoms with E-state index in [4.69, 9.17) is 12.2 Å². The number of benzene rings is 2. The zero-order valence-electron chi connectivity index (χ0n) is 13.6. The van der Waals surface area contributed by atoms with Crippen LogP contribution in [0.25, 0.3) is 6.08 Å². The van der Waals surface area contributed by atoms with E-state index >= 15 is 0 Å². The normalized spacial score (nSPS) is 10.1. The van der Waals surface area contributed by atoms with Crippen LogP contribution in [-0.4, -0.2) is 17.1 Å². The number of para-hydroxylation sites is 1. The van der Waals surface area contributed by atoms with Crippen LogP contribution in [0.1, 0.15) is 11.1 Å². The molecule has 0 aromatic heterocycles. The lowest BCUT2D eigenvalue weighted by atomic mass is 10.1. The minimum absolute atomic E-state index is 0.0123. The van der Waals surface area contributed by atoms with E-state index in [2.05, 4.69) is 21.5 Å². The van der Waals surface area contributed by atoms with E-state index in [0.717, 1.165) is 11.1 Å². The summed E-state index contributed by atoms with van der Waals surface area (Å²) in [6.07, 6.45) is 3.04. The van der Waals surface area contributed by atoms with Crippen molar-refractivity contribution in [2.75, 3.05) is 5.32 Å². The number of thiocarbonyl (C=S) groups is 1. The predicted octanol–water partition coefficient (Wildman–Crippen LogP) is 2.74. The van der Waals surface area contributed by atoms with E-state index in [-0.39, 0.29) is 5.11 Å². The van der Waals surface area contributed by atoms with Crippen LogP contribution in [0.4, 0.5) is 10.5 Å². The van der Waals surface area contributed by atoms with Crippen LogP contribution < -0.4 is 21.5 Å². The van der Waals surface area contributed by atoms with Gasteiger partial charge in [0.05, 0.1) is 0 Å². The molecule has 0 aliphatic rings. The van der Waals surface area contributed by atoms with Gasteiger partial charge >= 0.3 is 6.03 Å². The number of carbonyl (C=O) groups excluding carboxylic acids is 2. The van der Waals surface area contributed by atoms with Crippen molar-refractivity contribution in [3.05, 3.63) is 71.8 Å². The lowest BCUT2D eigenvalue weighted by molar-refractivity contribution is -0.115. The maximum Gasteiger partial charge on any atom is 0.337 e. The van der Waals surface area contributed by atoms with Crippen LogP contribution in [-0.2, 0) is 4.79 Å². The average Bonchev–Trinajstić information content (AvgIpc) is 2.60. The Labute approximate surface area is 151 Å². The quantitative estimate of drug-likeness (QED) is 0.388. The van der Waals surface area contributed by atoms with E-state index < -0.39 is 11.9 Å². The minimum Gasteiger partial charge on any atom is -0.307 e. The van der Waals surface area contributed by atoms with Crippen molar-refractivity contribution in [2.45, 2.75) is 6.92 Å². The SMILES string of the molecule is Cc1ccc(/C=C/C(=O)NC(=S)NNC(=O)Nc2ccccc2)cc1. The van der Waals surface area contributed by atoms with Gasteiger partial charge in [0, 0.05) is 11.8 Å². The van der Waals surface area contributed by atoms with E-state index in [1.54, 1.807) is 30.3 Å². The third-order valence-corrected chi connectivity index (χ3v) is 3.27. The summed E-state index contributed by atoms with van der Waals surface area (Å²) in [6.45, 7) is 1.99. The van der Waals surface area contributed by atoms with Gasteiger partial charge in [-0.3, -0.25) is 15.5 Å². The summed E-state index contributed by atoms with van der Waals surface area (Å²) < 4.78 is 0. The first-order valence-corrected chi connectivity index (χ1v) is 7.91. The molecule has 0 radical (unpaired) electrons. The first-order chi connectivity index (χ1) is 12.0. The van der Waals surface area contributed by atoms with Gasteiger partial charge in [-0.05, 0) is 42.9 Å². The summed E-state index contributed by atoms with van der Waals surface area (Å²) >= 11 is 4.94. The fourth-order valence-electron chi connectivity index (χ4n) is 1.83. The fourth-order valence-corrected chi connectivity index (χ4v) is 1.98. The maximum atomic E-state index is 11.8. The molecule has 2 rings (SSSR count). The second-order valence-electron chi connectivity index (χ2n) is 5.13. The van der Waals surface area contributed by atoms with Crippen molar-refractivity contribution in [3.8, 4) is 0 Å². The van der Waals surface area contributed by atoms with Crippen molar-refractivity contribution >= 4 is 41.0 Å². The van der Waals surface area contributed by atoms with Crippen LogP contribution in [0.2, 0.25) is 0 Å². The van der Waals surface area contributed by atoms with E-state index in [9.17, 15) is 9.59 Å². The molecule has 2 aromatic carbocycles. The zero-order valence-corrected chi connectivity index (χ0v) is 14.4. The number of anilines is 1. The van der Waals surface area contributed by atoms with Crippen LogP contribution in [0.15, 0.2) is 60.7 Å². The molecule has 0 atom stereocenters. The molecule has 0 heterocycles. The van der Waals surface area contributed by atoms with Crippen molar-refractivity contribution in [3.63, 3.8) is 0 Å². The molecular formula is C18H18N4O2S. The lowest BCUT2D eigenvalue weighted by Crippen LogP contribution is -2.49. The van der Waals surface area contributed by atoms with Gasteiger partial charge in [-0.1, -0.05) is 48.0 Å².